The fourth-order valence-electron chi connectivity index (χ4n) is 2.45. The van der Waals surface area contributed by atoms with Gasteiger partial charge in [-0.15, -0.1) is 11.3 Å². The number of thiazole rings is 1. The van der Waals surface area contributed by atoms with Crippen LogP contribution in [0.25, 0.3) is 0 Å². The second kappa shape index (κ2) is 8.52. The number of hydrogen-bond acceptors (Lipinski definition) is 8. The van der Waals surface area contributed by atoms with Gasteiger partial charge in [0.15, 0.2) is 15.0 Å². The van der Waals surface area contributed by atoms with Gasteiger partial charge in [0.2, 0.25) is 15.9 Å². The van der Waals surface area contributed by atoms with E-state index in [4.69, 9.17) is 5.14 Å². The van der Waals surface area contributed by atoms with E-state index in [9.17, 15) is 21.6 Å². The predicted molar refractivity (Wildman–Crippen MR) is 115 cm³/mol. The number of sulfone groups is 1. The molecule has 0 atom stereocenters. The van der Waals surface area contributed by atoms with Crippen molar-refractivity contribution in [3.05, 3.63) is 59.6 Å². The van der Waals surface area contributed by atoms with Crippen molar-refractivity contribution in [2.75, 3.05) is 16.9 Å². The van der Waals surface area contributed by atoms with E-state index >= 15 is 0 Å². The van der Waals surface area contributed by atoms with Gasteiger partial charge in [-0.2, -0.15) is 0 Å². The fourth-order valence-corrected chi connectivity index (χ4v) is 4.33. The Hall–Kier alpha value is -2.80. The molecule has 0 saturated heterocycles. The molecule has 30 heavy (non-hydrogen) atoms. The molecule has 0 radical (unpaired) electrons. The lowest BCUT2D eigenvalue weighted by molar-refractivity contribution is -0.115. The largest absolute Gasteiger partial charge is 0.332 e. The van der Waals surface area contributed by atoms with Crippen molar-refractivity contribution < 1.29 is 21.6 Å². The summed E-state index contributed by atoms with van der Waals surface area (Å²) in [7, 11) is -7.05. The molecule has 0 bridgehead atoms. The van der Waals surface area contributed by atoms with Crippen molar-refractivity contribution in [2.45, 2.75) is 16.2 Å². The average molecular weight is 467 g/mol. The number of carbonyl (C=O) groups is 1. The number of rotatable bonds is 7. The van der Waals surface area contributed by atoms with Gasteiger partial charge in [0, 0.05) is 23.0 Å². The molecule has 2 aromatic carbocycles. The lowest BCUT2D eigenvalue weighted by Crippen LogP contribution is -2.15. The maximum Gasteiger partial charge on any atom is 0.238 e. The normalized spacial score (nSPS) is 11.8. The van der Waals surface area contributed by atoms with Crippen LogP contribution >= 0.6 is 11.3 Å². The molecule has 3 rings (SSSR count). The summed E-state index contributed by atoms with van der Waals surface area (Å²) in [6, 6.07) is 11.8. The van der Waals surface area contributed by atoms with E-state index in [0.29, 0.717) is 22.2 Å². The minimum absolute atomic E-state index is 0.0299. The van der Waals surface area contributed by atoms with Crippen LogP contribution < -0.4 is 15.8 Å². The van der Waals surface area contributed by atoms with Crippen molar-refractivity contribution in [2.24, 2.45) is 5.14 Å². The first kappa shape index (κ1) is 21.9. The van der Waals surface area contributed by atoms with Crippen molar-refractivity contribution in [1.82, 2.24) is 4.98 Å². The molecule has 0 saturated carbocycles. The molecule has 4 N–H and O–H groups in total. The molecule has 0 aliphatic rings. The molecule has 0 aliphatic carbocycles. The lowest BCUT2D eigenvalue weighted by Gasteiger charge is -2.05. The second-order valence-corrected chi connectivity index (χ2v) is 10.8. The smallest absolute Gasteiger partial charge is 0.238 e. The van der Waals surface area contributed by atoms with Crippen LogP contribution in [0.2, 0.25) is 0 Å². The number of anilines is 3. The number of nitrogens with zero attached hydrogens (tertiary/aromatic N) is 1. The number of nitrogens with two attached hydrogens (primary N) is 1. The number of aromatic nitrogens is 1. The zero-order valence-electron chi connectivity index (χ0n) is 15.7. The zero-order chi connectivity index (χ0) is 21.9. The third-order valence-corrected chi connectivity index (χ3v) is 6.76. The summed E-state index contributed by atoms with van der Waals surface area (Å²) >= 11 is 1.31. The number of primary sulfonamides is 1. The van der Waals surface area contributed by atoms with E-state index in [2.05, 4.69) is 15.6 Å². The van der Waals surface area contributed by atoms with Gasteiger partial charge in [0.1, 0.15) is 0 Å². The molecule has 0 aliphatic heterocycles. The van der Waals surface area contributed by atoms with Crippen LogP contribution in [0.5, 0.6) is 0 Å². The molecule has 3 aromatic rings. The Balaban J connectivity index is 1.59. The number of nitrogens with one attached hydrogen (secondary N) is 2. The van der Waals surface area contributed by atoms with E-state index in [1.54, 1.807) is 17.5 Å². The molecule has 1 heterocycles. The third-order valence-electron chi connectivity index (χ3n) is 3.89. The third kappa shape index (κ3) is 5.86. The van der Waals surface area contributed by atoms with Gasteiger partial charge in [-0.05, 0) is 48.5 Å². The highest BCUT2D eigenvalue weighted by Gasteiger charge is 2.11. The second-order valence-electron chi connectivity index (χ2n) is 6.36. The molecule has 0 fully saturated rings. The van der Waals surface area contributed by atoms with Crippen molar-refractivity contribution in [1.29, 1.82) is 0 Å². The molecule has 0 unspecified atom stereocenters. The molecular formula is C18H18N4O5S3. The molecule has 12 heteroatoms. The highest BCUT2D eigenvalue weighted by molar-refractivity contribution is 7.90. The molecule has 0 spiro atoms. The number of hydrogen-bond donors (Lipinski definition) is 3. The van der Waals surface area contributed by atoms with E-state index in [0.717, 1.165) is 6.26 Å². The first-order chi connectivity index (χ1) is 14.0. The Bertz CT molecular complexity index is 1270. The Morgan fingerprint density at radius 1 is 0.967 bits per heavy atom. The van der Waals surface area contributed by atoms with Gasteiger partial charge < -0.3 is 10.6 Å². The van der Waals surface area contributed by atoms with Gasteiger partial charge in [0.05, 0.1) is 21.9 Å². The van der Waals surface area contributed by atoms with Gasteiger partial charge in [-0.25, -0.2) is 27.0 Å². The molecule has 9 nitrogen and oxygen atoms in total. The first-order valence-corrected chi connectivity index (χ1v) is 12.8. The van der Waals surface area contributed by atoms with Crippen LogP contribution in [0, 0.1) is 0 Å². The minimum Gasteiger partial charge on any atom is -0.332 e. The summed E-state index contributed by atoms with van der Waals surface area (Å²) in [6.07, 6.45) is 1.17. The van der Waals surface area contributed by atoms with E-state index in [1.807, 2.05) is 0 Å². The maximum atomic E-state index is 12.2. The van der Waals surface area contributed by atoms with Crippen LogP contribution in [0.3, 0.4) is 0 Å². The molecule has 1 aromatic heterocycles. The molecular weight excluding hydrogens is 448 g/mol. The van der Waals surface area contributed by atoms with E-state index in [1.165, 1.54) is 47.7 Å². The highest BCUT2D eigenvalue weighted by Crippen LogP contribution is 2.23. The SMILES string of the molecule is CS(=O)(=O)c1ccc(Nc2nc(CC(=O)Nc3ccc(S(N)(=O)=O)cc3)cs2)cc1. The van der Waals surface area contributed by atoms with Gasteiger partial charge in [0.25, 0.3) is 0 Å². The van der Waals surface area contributed by atoms with Crippen LogP contribution in [-0.2, 0) is 31.1 Å². The fraction of sp³-hybridized carbons (Fsp3) is 0.111. The van der Waals surface area contributed by atoms with E-state index in [-0.39, 0.29) is 22.1 Å². The lowest BCUT2D eigenvalue weighted by atomic mass is 10.3. The minimum atomic E-state index is -3.79. The monoisotopic (exact) mass is 466 g/mol. The summed E-state index contributed by atoms with van der Waals surface area (Å²) in [5.74, 6) is -0.312. The van der Waals surface area contributed by atoms with Crippen molar-refractivity contribution in [3.63, 3.8) is 0 Å². The highest BCUT2D eigenvalue weighted by atomic mass is 32.2. The van der Waals surface area contributed by atoms with Crippen LogP contribution in [0.1, 0.15) is 5.69 Å². The Kier molecular flexibility index (Phi) is 6.22. The zero-order valence-corrected chi connectivity index (χ0v) is 18.1. The maximum absolute atomic E-state index is 12.2. The molecule has 1 amide bonds. The Labute approximate surface area is 177 Å². The van der Waals surface area contributed by atoms with Crippen LogP contribution in [0.15, 0.2) is 63.7 Å². The number of benzene rings is 2. The average Bonchev–Trinajstić information content (AvgIpc) is 3.07. The Morgan fingerprint density at radius 2 is 1.53 bits per heavy atom. The molecule has 158 valence electrons. The van der Waals surface area contributed by atoms with Crippen molar-refractivity contribution >= 4 is 53.6 Å². The van der Waals surface area contributed by atoms with Crippen LogP contribution in [0.4, 0.5) is 16.5 Å². The van der Waals surface area contributed by atoms with Gasteiger partial charge in [-0.3, -0.25) is 4.79 Å². The van der Waals surface area contributed by atoms with Gasteiger partial charge >= 0.3 is 0 Å². The summed E-state index contributed by atoms with van der Waals surface area (Å²) in [5.41, 5.74) is 1.66. The van der Waals surface area contributed by atoms with Crippen LogP contribution in [-0.4, -0.2) is 34.0 Å². The summed E-state index contributed by atoms with van der Waals surface area (Å²) in [4.78, 5) is 16.7. The number of carbonyl (C=O) groups excluding carboxylic acids is 1. The summed E-state index contributed by atoms with van der Waals surface area (Å²) in [6.45, 7) is 0. The van der Waals surface area contributed by atoms with Crippen molar-refractivity contribution in [3.8, 4) is 0 Å². The number of amides is 1. The summed E-state index contributed by atoms with van der Waals surface area (Å²) < 4.78 is 45.5. The quantitative estimate of drug-likeness (QED) is 0.483. The standard InChI is InChI=1S/C18H18N4O5S3/c1-29(24,25)15-6-2-13(3-7-15)21-18-22-14(11-28-18)10-17(23)20-12-4-8-16(9-5-12)30(19,26)27/h2-9,11H,10H2,1H3,(H,20,23)(H,21,22)(H2,19,26,27). The number of sulfonamides is 1. The predicted octanol–water partition coefficient (Wildman–Crippen LogP) is 2.12. The van der Waals surface area contributed by atoms with E-state index < -0.39 is 19.9 Å². The Morgan fingerprint density at radius 3 is 2.10 bits per heavy atom. The first-order valence-electron chi connectivity index (χ1n) is 8.45. The topological polar surface area (TPSA) is 148 Å². The van der Waals surface area contributed by atoms with Gasteiger partial charge in [-0.1, -0.05) is 0 Å². The summed E-state index contributed by atoms with van der Waals surface area (Å²) in [5, 5.41) is 13.0.